The number of nitrogens with zero attached hydrogens (tertiary/aromatic N) is 1. The van der Waals surface area contributed by atoms with Crippen LogP contribution in [0.25, 0.3) is 0 Å². The molecule has 0 spiro atoms. The fourth-order valence-corrected chi connectivity index (χ4v) is 2.49. The molecule has 0 radical (unpaired) electrons. The number of para-hydroxylation sites is 1. The summed E-state index contributed by atoms with van der Waals surface area (Å²) in [5.74, 6) is 0. The minimum Gasteiger partial charge on any atom is -0.377 e. The lowest BCUT2D eigenvalue weighted by atomic mass is 9.92. The molecule has 2 heteroatoms. The highest BCUT2D eigenvalue weighted by molar-refractivity contribution is 5.45. The maximum atomic E-state index is 4.53. The Bertz CT molecular complexity index is 493. The van der Waals surface area contributed by atoms with Crippen molar-refractivity contribution >= 4 is 5.69 Å². The predicted octanol–water partition coefficient (Wildman–Crippen LogP) is 3.57. The lowest BCUT2D eigenvalue weighted by molar-refractivity contribution is 0.583. The summed E-state index contributed by atoms with van der Waals surface area (Å²) in [6, 6.07) is 15.0. The monoisotopic (exact) mass is 224 g/mol. The maximum Gasteiger partial charge on any atom is 0.0688 e. The highest BCUT2D eigenvalue weighted by Gasteiger charge is 2.20. The first kappa shape index (κ1) is 10.3. The van der Waals surface area contributed by atoms with Crippen LogP contribution in [0.2, 0.25) is 0 Å². The number of anilines is 1. The number of pyridine rings is 1. The number of nitrogens with one attached hydrogen (secondary N) is 1. The molecule has 1 aromatic heterocycles. The number of benzene rings is 1. The third kappa shape index (κ3) is 2.16. The Labute approximate surface area is 102 Å². The molecule has 86 valence electrons. The van der Waals surface area contributed by atoms with Gasteiger partial charge in [-0.05, 0) is 43.0 Å². The number of aryl methyl sites for hydroxylation is 1. The number of hydrogen-bond acceptors (Lipinski definition) is 2. The molecule has 1 atom stereocenters. The Hall–Kier alpha value is -1.83. The van der Waals surface area contributed by atoms with Gasteiger partial charge in [0.25, 0.3) is 0 Å². The smallest absolute Gasteiger partial charge is 0.0688 e. The van der Waals surface area contributed by atoms with Gasteiger partial charge >= 0.3 is 0 Å². The van der Waals surface area contributed by atoms with E-state index in [0.717, 1.165) is 6.42 Å². The number of rotatable bonds is 2. The fraction of sp³-hybridized carbons (Fsp3) is 0.267. The average molecular weight is 224 g/mol. The summed E-state index contributed by atoms with van der Waals surface area (Å²) in [5, 5.41) is 3.57. The second kappa shape index (κ2) is 4.58. The van der Waals surface area contributed by atoms with Gasteiger partial charge in [0, 0.05) is 11.9 Å². The molecule has 1 aliphatic rings. The summed E-state index contributed by atoms with van der Waals surface area (Å²) in [4.78, 5) is 4.53. The van der Waals surface area contributed by atoms with Crippen LogP contribution in [0, 0.1) is 0 Å². The molecule has 1 unspecified atom stereocenters. The van der Waals surface area contributed by atoms with Crippen LogP contribution in [0.5, 0.6) is 0 Å². The fourth-order valence-electron chi connectivity index (χ4n) is 2.49. The van der Waals surface area contributed by atoms with E-state index in [4.69, 9.17) is 0 Å². The molecule has 2 nitrogen and oxygen atoms in total. The van der Waals surface area contributed by atoms with Crippen LogP contribution in [0.4, 0.5) is 5.69 Å². The van der Waals surface area contributed by atoms with Gasteiger partial charge in [0.2, 0.25) is 0 Å². The van der Waals surface area contributed by atoms with E-state index in [2.05, 4.69) is 40.6 Å². The molecule has 0 bridgehead atoms. The van der Waals surface area contributed by atoms with Gasteiger partial charge in [-0.15, -0.1) is 0 Å². The lowest BCUT2D eigenvalue weighted by Crippen LogP contribution is -2.18. The minimum absolute atomic E-state index is 0.363. The molecule has 0 saturated carbocycles. The van der Waals surface area contributed by atoms with Crippen molar-refractivity contribution in [2.24, 2.45) is 0 Å². The van der Waals surface area contributed by atoms with E-state index in [1.54, 1.807) is 0 Å². The molecule has 1 aromatic carbocycles. The lowest BCUT2D eigenvalue weighted by Gasteiger charge is -2.25. The topological polar surface area (TPSA) is 24.9 Å². The first-order chi connectivity index (χ1) is 8.43. The van der Waals surface area contributed by atoms with Crippen LogP contribution in [0.3, 0.4) is 0 Å². The average Bonchev–Trinajstić information content (AvgIpc) is 2.40. The van der Waals surface area contributed by atoms with Crippen molar-refractivity contribution < 1.29 is 0 Å². The zero-order chi connectivity index (χ0) is 11.5. The second-order valence-electron chi connectivity index (χ2n) is 4.50. The number of hydrogen-bond donors (Lipinski definition) is 1. The van der Waals surface area contributed by atoms with Crippen LogP contribution in [-0.4, -0.2) is 4.98 Å². The highest BCUT2D eigenvalue weighted by atomic mass is 14.9. The molecule has 0 fully saturated rings. The van der Waals surface area contributed by atoms with Gasteiger partial charge in [-0.1, -0.05) is 24.3 Å². The molecule has 1 aliphatic carbocycles. The van der Waals surface area contributed by atoms with Gasteiger partial charge in [0.15, 0.2) is 0 Å². The van der Waals surface area contributed by atoms with E-state index >= 15 is 0 Å². The predicted molar refractivity (Wildman–Crippen MR) is 70.0 cm³/mol. The van der Waals surface area contributed by atoms with Crippen molar-refractivity contribution in [3.63, 3.8) is 0 Å². The van der Waals surface area contributed by atoms with E-state index in [1.807, 2.05) is 18.3 Å². The molecule has 0 aliphatic heterocycles. The third-order valence-electron chi connectivity index (χ3n) is 3.31. The molecular formula is C15H16N2. The van der Waals surface area contributed by atoms with Crippen molar-refractivity contribution in [3.05, 3.63) is 59.9 Å². The zero-order valence-electron chi connectivity index (χ0n) is 9.76. The van der Waals surface area contributed by atoms with E-state index in [0.29, 0.717) is 6.04 Å². The van der Waals surface area contributed by atoms with E-state index in [-0.39, 0.29) is 0 Å². The Kier molecular flexibility index (Phi) is 2.78. The van der Waals surface area contributed by atoms with Crippen LogP contribution < -0.4 is 5.32 Å². The second-order valence-corrected chi connectivity index (χ2v) is 4.50. The largest absolute Gasteiger partial charge is 0.377 e. The summed E-state index contributed by atoms with van der Waals surface area (Å²) in [6.45, 7) is 0. The van der Waals surface area contributed by atoms with Crippen LogP contribution in [-0.2, 0) is 6.42 Å². The third-order valence-corrected chi connectivity index (χ3v) is 3.31. The van der Waals surface area contributed by atoms with Crippen molar-refractivity contribution in [2.45, 2.75) is 25.3 Å². The van der Waals surface area contributed by atoms with Crippen LogP contribution in [0.1, 0.15) is 30.1 Å². The molecule has 0 saturated heterocycles. The Balaban J connectivity index is 1.86. The minimum atomic E-state index is 0.363. The summed E-state index contributed by atoms with van der Waals surface area (Å²) in [6.07, 6.45) is 5.46. The summed E-state index contributed by atoms with van der Waals surface area (Å²) < 4.78 is 0. The van der Waals surface area contributed by atoms with Gasteiger partial charge in [-0.25, -0.2) is 0 Å². The van der Waals surface area contributed by atoms with Crippen molar-refractivity contribution in [3.8, 4) is 0 Å². The molecular weight excluding hydrogens is 208 g/mol. The standard InChI is InChI=1S/C15H16N2/c1-2-8-13(9-3-1)17-14-10-4-6-12-7-5-11-16-15(12)14/h1-3,5,7-9,11,14,17H,4,6,10H2. The molecule has 1 heterocycles. The van der Waals surface area contributed by atoms with Crippen LogP contribution in [0.15, 0.2) is 48.7 Å². The summed E-state index contributed by atoms with van der Waals surface area (Å²) in [7, 11) is 0. The van der Waals surface area contributed by atoms with Gasteiger partial charge in [0.05, 0.1) is 11.7 Å². The van der Waals surface area contributed by atoms with Crippen molar-refractivity contribution in [1.29, 1.82) is 0 Å². The molecule has 1 N–H and O–H groups in total. The Morgan fingerprint density at radius 2 is 1.94 bits per heavy atom. The quantitative estimate of drug-likeness (QED) is 0.843. The SMILES string of the molecule is c1ccc(NC2CCCc3cccnc32)cc1. The number of aromatic nitrogens is 1. The first-order valence-corrected chi connectivity index (χ1v) is 6.19. The normalized spacial score (nSPS) is 18.5. The molecule has 3 rings (SSSR count). The molecule has 17 heavy (non-hydrogen) atoms. The van der Waals surface area contributed by atoms with Gasteiger partial charge < -0.3 is 5.32 Å². The highest BCUT2D eigenvalue weighted by Crippen LogP contribution is 2.30. The Morgan fingerprint density at radius 3 is 2.82 bits per heavy atom. The Morgan fingerprint density at radius 1 is 1.06 bits per heavy atom. The summed E-state index contributed by atoms with van der Waals surface area (Å²) in [5.41, 5.74) is 3.80. The number of fused-ring (bicyclic) bond motifs is 1. The maximum absolute atomic E-state index is 4.53. The van der Waals surface area contributed by atoms with Crippen molar-refractivity contribution in [1.82, 2.24) is 4.98 Å². The first-order valence-electron chi connectivity index (χ1n) is 6.19. The van der Waals surface area contributed by atoms with Gasteiger partial charge in [0.1, 0.15) is 0 Å². The van der Waals surface area contributed by atoms with Gasteiger partial charge in [-0.3, -0.25) is 4.98 Å². The van der Waals surface area contributed by atoms with E-state index in [1.165, 1.54) is 29.8 Å². The molecule has 2 aromatic rings. The van der Waals surface area contributed by atoms with Gasteiger partial charge in [-0.2, -0.15) is 0 Å². The summed E-state index contributed by atoms with van der Waals surface area (Å²) >= 11 is 0. The van der Waals surface area contributed by atoms with Crippen molar-refractivity contribution in [2.75, 3.05) is 5.32 Å². The van der Waals surface area contributed by atoms with E-state index in [9.17, 15) is 0 Å². The van der Waals surface area contributed by atoms with Crippen LogP contribution >= 0.6 is 0 Å². The molecule has 0 amide bonds. The zero-order valence-corrected chi connectivity index (χ0v) is 9.76. The van der Waals surface area contributed by atoms with E-state index < -0.39 is 0 Å².